The second-order valence-electron chi connectivity index (χ2n) is 6.51. The van der Waals surface area contributed by atoms with Gasteiger partial charge >= 0.3 is 0 Å². The minimum Gasteiger partial charge on any atom is -0.350 e. The zero-order valence-electron chi connectivity index (χ0n) is 15.4. The lowest BCUT2D eigenvalue weighted by Gasteiger charge is -2.25. The second-order valence-corrected chi connectivity index (χ2v) is 6.51. The Bertz CT molecular complexity index is 910. The van der Waals surface area contributed by atoms with Crippen molar-refractivity contribution in [3.63, 3.8) is 0 Å². The Balaban J connectivity index is 1.79. The number of aryl methyl sites for hydroxylation is 2. The van der Waals surface area contributed by atoms with E-state index < -0.39 is 0 Å². The molecule has 136 valence electrons. The smallest absolute Gasteiger partial charge is 0.142 e. The van der Waals surface area contributed by atoms with Crippen molar-refractivity contribution in [2.45, 2.75) is 12.2 Å². The number of nitrogens with zero attached hydrogens (tertiary/aromatic N) is 4. The number of aromatic nitrogens is 4. The van der Waals surface area contributed by atoms with Crippen molar-refractivity contribution >= 4 is 0 Å². The van der Waals surface area contributed by atoms with Crippen molar-refractivity contribution in [3.05, 3.63) is 108 Å². The summed E-state index contributed by atoms with van der Waals surface area (Å²) in [6, 6.07) is 20.4. The average molecular weight is 358 g/mol. The molecule has 27 heavy (non-hydrogen) atoms. The number of benzene rings is 2. The first-order valence-corrected chi connectivity index (χ1v) is 8.94. The van der Waals surface area contributed by atoms with Crippen LogP contribution in [0.1, 0.15) is 35.0 Å². The average Bonchev–Trinajstić information content (AvgIpc) is 3.32. The van der Waals surface area contributed by atoms with Gasteiger partial charge in [-0.2, -0.15) is 0 Å². The lowest BCUT2D eigenvalue weighted by Crippen LogP contribution is -2.18. The molecule has 5 nitrogen and oxygen atoms in total. The first-order valence-electron chi connectivity index (χ1n) is 8.94. The Morgan fingerprint density at radius 3 is 1.41 bits per heavy atom. The highest BCUT2D eigenvalue weighted by atomic mass is 16.5. The summed E-state index contributed by atoms with van der Waals surface area (Å²) in [5, 5.41) is 0. The fourth-order valence-electron chi connectivity index (χ4n) is 3.23. The summed E-state index contributed by atoms with van der Waals surface area (Å²) in [6.45, 7) is 0. The molecular weight excluding hydrogens is 336 g/mol. The molecule has 2 aromatic carbocycles. The topological polar surface area (TPSA) is 44.9 Å². The summed E-state index contributed by atoms with van der Waals surface area (Å²) in [5.74, 6) is 1.72. The van der Waals surface area contributed by atoms with Crippen molar-refractivity contribution in [1.82, 2.24) is 19.1 Å². The van der Waals surface area contributed by atoms with Crippen LogP contribution < -0.4 is 0 Å². The number of hydrogen-bond donors (Lipinski definition) is 0. The molecule has 2 unspecified atom stereocenters. The molecule has 4 rings (SSSR count). The van der Waals surface area contributed by atoms with Crippen LogP contribution in [0.5, 0.6) is 0 Å². The molecule has 2 atom stereocenters. The Morgan fingerprint density at radius 2 is 1.07 bits per heavy atom. The van der Waals surface area contributed by atoms with Crippen LogP contribution in [-0.4, -0.2) is 19.1 Å². The molecule has 0 spiro atoms. The van der Waals surface area contributed by atoms with Crippen LogP contribution in [0.4, 0.5) is 0 Å². The molecule has 0 radical (unpaired) electrons. The van der Waals surface area contributed by atoms with Crippen LogP contribution >= 0.6 is 0 Å². The Labute approximate surface area is 158 Å². The van der Waals surface area contributed by atoms with E-state index in [4.69, 9.17) is 4.74 Å². The molecule has 2 heterocycles. The van der Waals surface area contributed by atoms with Crippen LogP contribution in [0.3, 0.4) is 0 Å². The van der Waals surface area contributed by atoms with Gasteiger partial charge in [0.2, 0.25) is 0 Å². The fourth-order valence-corrected chi connectivity index (χ4v) is 3.23. The maximum Gasteiger partial charge on any atom is 0.142 e. The van der Waals surface area contributed by atoms with E-state index in [1.807, 2.05) is 72.0 Å². The third-order valence-corrected chi connectivity index (χ3v) is 4.66. The van der Waals surface area contributed by atoms with E-state index >= 15 is 0 Å². The van der Waals surface area contributed by atoms with Crippen LogP contribution in [0, 0.1) is 0 Å². The maximum atomic E-state index is 6.71. The van der Waals surface area contributed by atoms with Gasteiger partial charge in [-0.05, 0) is 11.1 Å². The number of rotatable bonds is 6. The van der Waals surface area contributed by atoms with Gasteiger partial charge in [-0.1, -0.05) is 60.7 Å². The molecular formula is C22H22N4O. The van der Waals surface area contributed by atoms with Gasteiger partial charge in [0.15, 0.2) is 0 Å². The first kappa shape index (κ1) is 17.2. The zero-order chi connectivity index (χ0) is 18.6. The molecule has 0 N–H and O–H groups in total. The largest absolute Gasteiger partial charge is 0.350 e. The van der Waals surface area contributed by atoms with Gasteiger partial charge in [0.25, 0.3) is 0 Å². The Morgan fingerprint density at radius 1 is 0.667 bits per heavy atom. The van der Waals surface area contributed by atoms with Gasteiger partial charge in [-0.15, -0.1) is 0 Å². The van der Waals surface area contributed by atoms with Crippen molar-refractivity contribution < 1.29 is 4.74 Å². The van der Waals surface area contributed by atoms with E-state index in [0.29, 0.717) is 0 Å². The predicted molar refractivity (Wildman–Crippen MR) is 104 cm³/mol. The van der Waals surface area contributed by atoms with Crippen molar-refractivity contribution in [1.29, 1.82) is 0 Å². The van der Waals surface area contributed by atoms with Gasteiger partial charge in [-0.25, -0.2) is 9.97 Å². The number of hydrogen-bond acceptors (Lipinski definition) is 3. The lowest BCUT2D eigenvalue weighted by molar-refractivity contribution is 0.0185. The SMILES string of the molecule is Cn1ccnc1C(OC(c1ccccc1)c1nccn1C)c1ccccc1. The van der Waals surface area contributed by atoms with Gasteiger partial charge in [0, 0.05) is 38.9 Å². The fraction of sp³-hybridized carbons (Fsp3) is 0.182. The Kier molecular flexibility index (Phi) is 4.85. The van der Waals surface area contributed by atoms with E-state index in [1.54, 1.807) is 12.4 Å². The molecule has 0 saturated carbocycles. The van der Waals surface area contributed by atoms with Gasteiger partial charge in [0.1, 0.15) is 23.9 Å². The quantitative estimate of drug-likeness (QED) is 0.522. The minimum absolute atomic E-state index is 0.312. The summed E-state index contributed by atoms with van der Waals surface area (Å²) < 4.78 is 10.7. The molecule has 0 saturated heterocycles. The standard InChI is InChI=1S/C22H22N4O/c1-25-15-13-23-21(25)19(17-9-5-3-6-10-17)27-20(18-11-7-4-8-12-18)22-24-14-16-26(22)2/h3-16,19-20H,1-2H3. The van der Waals surface area contributed by atoms with Crippen LogP contribution in [-0.2, 0) is 18.8 Å². The van der Waals surface area contributed by atoms with E-state index in [2.05, 4.69) is 34.2 Å². The second kappa shape index (κ2) is 7.60. The van der Waals surface area contributed by atoms with Crippen molar-refractivity contribution in [3.8, 4) is 0 Å². The highest BCUT2D eigenvalue weighted by molar-refractivity contribution is 5.27. The highest BCUT2D eigenvalue weighted by Crippen LogP contribution is 2.34. The molecule has 5 heteroatoms. The van der Waals surface area contributed by atoms with Crippen molar-refractivity contribution in [2.75, 3.05) is 0 Å². The highest BCUT2D eigenvalue weighted by Gasteiger charge is 2.27. The molecule has 2 aromatic heterocycles. The number of ether oxygens (including phenoxy) is 1. The summed E-state index contributed by atoms with van der Waals surface area (Å²) in [6.07, 6.45) is 6.85. The summed E-state index contributed by atoms with van der Waals surface area (Å²) in [5.41, 5.74) is 2.11. The Hall–Kier alpha value is -3.18. The monoisotopic (exact) mass is 358 g/mol. The van der Waals surface area contributed by atoms with E-state index in [-0.39, 0.29) is 12.2 Å². The normalized spacial score (nSPS) is 13.4. The van der Waals surface area contributed by atoms with E-state index in [0.717, 1.165) is 22.8 Å². The summed E-state index contributed by atoms with van der Waals surface area (Å²) in [4.78, 5) is 9.11. The van der Waals surface area contributed by atoms with Crippen LogP contribution in [0.15, 0.2) is 85.5 Å². The van der Waals surface area contributed by atoms with E-state index in [9.17, 15) is 0 Å². The zero-order valence-corrected chi connectivity index (χ0v) is 15.4. The minimum atomic E-state index is -0.312. The molecule has 0 fully saturated rings. The summed E-state index contributed by atoms with van der Waals surface area (Å²) in [7, 11) is 3.97. The third-order valence-electron chi connectivity index (χ3n) is 4.66. The molecule has 0 aliphatic heterocycles. The predicted octanol–water partition coefficient (Wildman–Crippen LogP) is 4.05. The van der Waals surface area contributed by atoms with Crippen LogP contribution in [0.25, 0.3) is 0 Å². The lowest BCUT2D eigenvalue weighted by atomic mass is 10.1. The van der Waals surface area contributed by atoms with Gasteiger partial charge in [-0.3, -0.25) is 0 Å². The molecule has 0 aliphatic carbocycles. The summed E-state index contributed by atoms with van der Waals surface area (Å²) >= 11 is 0. The molecule has 0 bridgehead atoms. The third kappa shape index (κ3) is 3.55. The van der Waals surface area contributed by atoms with Gasteiger partial charge in [0.05, 0.1) is 0 Å². The first-order chi connectivity index (χ1) is 13.2. The molecule has 0 amide bonds. The maximum absolute atomic E-state index is 6.71. The van der Waals surface area contributed by atoms with E-state index in [1.165, 1.54) is 0 Å². The molecule has 4 aromatic rings. The molecule has 0 aliphatic rings. The number of imidazole rings is 2. The van der Waals surface area contributed by atoms with Gasteiger partial charge < -0.3 is 13.9 Å². The van der Waals surface area contributed by atoms with Crippen molar-refractivity contribution in [2.24, 2.45) is 14.1 Å². The van der Waals surface area contributed by atoms with Crippen LogP contribution in [0.2, 0.25) is 0 Å².